The summed E-state index contributed by atoms with van der Waals surface area (Å²) >= 11 is 0. The lowest BCUT2D eigenvalue weighted by Crippen LogP contribution is -2.09. The summed E-state index contributed by atoms with van der Waals surface area (Å²) in [6, 6.07) is 4.84. The molecule has 5 nitrogen and oxygen atoms in total. The van der Waals surface area contributed by atoms with E-state index < -0.39 is 12.1 Å². The van der Waals surface area contributed by atoms with Crippen molar-refractivity contribution in [2.75, 3.05) is 0 Å². The first kappa shape index (κ1) is 11.5. The van der Waals surface area contributed by atoms with E-state index in [1.165, 1.54) is 6.07 Å². The highest BCUT2D eigenvalue weighted by Crippen LogP contribution is 2.32. The molecule has 5 heteroatoms. The quantitative estimate of drug-likeness (QED) is 0.752. The number of nitrogens with zero attached hydrogens (tertiary/aromatic N) is 1. The summed E-state index contributed by atoms with van der Waals surface area (Å²) in [5, 5.41) is 28.7. The van der Waals surface area contributed by atoms with Crippen LogP contribution in [0.4, 0.5) is 0 Å². The second kappa shape index (κ2) is 4.10. The van der Waals surface area contributed by atoms with E-state index in [-0.39, 0.29) is 5.75 Å². The average molecular weight is 235 g/mol. The smallest absolute Gasteiger partial charge is 0.337 e. The molecule has 0 fully saturated rings. The van der Waals surface area contributed by atoms with Crippen LogP contribution in [0.1, 0.15) is 18.6 Å². The molecule has 1 aromatic carbocycles. The van der Waals surface area contributed by atoms with Gasteiger partial charge in [0.05, 0.1) is 5.52 Å². The average Bonchev–Trinajstić information content (AvgIpc) is 2.68. The van der Waals surface area contributed by atoms with Gasteiger partial charge in [-0.05, 0) is 13.0 Å². The Kier molecular flexibility index (Phi) is 2.77. The van der Waals surface area contributed by atoms with E-state index in [1.807, 2.05) is 6.92 Å². The van der Waals surface area contributed by atoms with Gasteiger partial charge in [0.25, 0.3) is 0 Å². The van der Waals surface area contributed by atoms with Crippen molar-refractivity contribution in [1.29, 1.82) is 0 Å². The predicted molar refractivity (Wildman–Crippen MR) is 61.9 cm³/mol. The van der Waals surface area contributed by atoms with Gasteiger partial charge in [0, 0.05) is 23.7 Å². The third-order valence-electron chi connectivity index (χ3n) is 2.78. The molecule has 17 heavy (non-hydrogen) atoms. The standard InChI is InChI=1S/C12H13NO4/c1-2-13-6-8(11(15)12(16)17)7-4-3-5-9(14)10(7)13/h3-6,11,14-15H,2H2,1H3,(H,16,17). The fourth-order valence-electron chi connectivity index (χ4n) is 1.97. The Morgan fingerprint density at radius 1 is 1.47 bits per heavy atom. The number of aliphatic carboxylic acids is 1. The minimum Gasteiger partial charge on any atom is -0.506 e. The van der Waals surface area contributed by atoms with Crippen LogP contribution in [0.25, 0.3) is 10.9 Å². The van der Waals surface area contributed by atoms with Crippen molar-refractivity contribution in [3.05, 3.63) is 30.0 Å². The van der Waals surface area contributed by atoms with Crippen LogP contribution in [0.15, 0.2) is 24.4 Å². The van der Waals surface area contributed by atoms with Gasteiger partial charge in [-0.15, -0.1) is 0 Å². The zero-order valence-corrected chi connectivity index (χ0v) is 9.29. The van der Waals surface area contributed by atoms with Crippen molar-refractivity contribution in [2.45, 2.75) is 19.6 Å². The maximum Gasteiger partial charge on any atom is 0.337 e. The van der Waals surface area contributed by atoms with Crippen LogP contribution in [0.3, 0.4) is 0 Å². The number of carbonyl (C=O) groups is 1. The van der Waals surface area contributed by atoms with Gasteiger partial charge in [-0.25, -0.2) is 4.79 Å². The summed E-state index contributed by atoms with van der Waals surface area (Å²) in [6.07, 6.45) is -0.0181. The molecule has 0 amide bonds. The van der Waals surface area contributed by atoms with Crippen LogP contribution in [-0.4, -0.2) is 25.9 Å². The fourth-order valence-corrected chi connectivity index (χ4v) is 1.97. The maximum absolute atomic E-state index is 10.8. The molecule has 3 N–H and O–H groups in total. The molecule has 0 aliphatic heterocycles. The van der Waals surface area contributed by atoms with Gasteiger partial charge in [-0.2, -0.15) is 0 Å². The summed E-state index contributed by atoms with van der Waals surface area (Å²) in [7, 11) is 0. The second-order valence-electron chi connectivity index (χ2n) is 3.78. The number of carboxylic acid groups (broad SMARTS) is 1. The Hall–Kier alpha value is -2.01. The number of para-hydroxylation sites is 1. The Labute approximate surface area is 97.5 Å². The van der Waals surface area contributed by atoms with Crippen molar-refractivity contribution >= 4 is 16.9 Å². The lowest BCUT2D eigenvalue weighted by Gasteiger charge is -2.03. The van der Waals surface area contributed by atoms with Gasteiger partial charge in [-0.3, -0.25) is 0 Å². The summed E-state index contributed by atoms with van der Waals surface area (Å²) in [5.74, 6) is -1.23. The van der Waals surface area contributed by atoms with Gasteiger partial charge in [0.1, 0.15) is 5.75 Å². The molecule has 1 aromatic heterocycles. The molecule has 0 saturated carbocycles. The third-order valence-corrected chi connectivity index (χ3v) is 2.78. The number of aromatic nitrogens is 1. The van der Waals surface area contributed by atoms with Gasteiger partial charge >= 0.3 is 5.97 Å². The molecule has 1 heterocycles. The number of phenols is 1. The molecule has 0 aliphatic rings. The van der Waals surface area contributed by atoms with Gasteiger partial charge in [0.15, 0.2) is 6.10 Å². The van der Waals surface area contributed by atoms with Gasteiger partial charge in [0.2, 0.25) is 0 Å². The number of aliphatic hydroxyl groups is 1. The van der Waals surface area contributed by atoms with Crippen molar-refractivity contribution in [3.63, 3.8) is 0 Å². The molecule has 1 atom stereocenters. The lowest BCUT2D eigenvalue weighted by atomic mass is 10.1. The summed E-state index contributed by atoms with van der Waals surface area (Å²) in [6.45, 7) is 2.46. The molecule has 0 spiro atoms. The first-order chi connectivity index (χ1) is 8.06. The normalized spacial score (nSPS) is 12.8. The Balaban J connectivity index is 2.74. The van der Waals surface area contributed by atoms with Crippen LogP contribution in [-0.2, 0) is 11.3 Å². The van der Waals surface area contributed by atoms with Crippen LogP contribution in [0, 0.1) is 0 Å². The topological polar surface area (TPSA) is 82.7 Å². The largest absolute Gasteiger partial charge is 0.506 e. The number of hydrogen-bond acceptors (Lipinski definition) is 3. The van der Waals surface area contributed by atoms with Crippen LogP contribution < -0.4 is 0 Å². The molecule has 0 bridgehead atoms. The van der Waals surface area contributed by atoms with E-state index in [9.17, 15) is 15.0 Å². The summed E-state index contributed by atoms with van der Waals surface area (Å²) in [4.78, 5) is 10.8. The Morgan fingerprint density at radius 2 is 2.18 bits per heavy atom. The molecule has 1 unspecified atom stereocenters. The lowest BCUT2D eigenvalue weighted by molar-refractivity contribution is -0.146. The third kappa shape index (κ3) is 1.74. The maximum atomic E-state index is 10.8. The second-order valence-corrected chi connectivity index (χ2v) is 3.78. The number of phenolic OH excluding ortho intramolecular Hbond substituents is 1. The highest BCUT2D eigenvalue weighted by Gasteiger charge is 2.22. The fraction of sp³-hybridized carbons (Fsp3) is 0.250. The highest BCUT2D eigenvalue weighted by molar-refractivity contribution is 5.92. The van der Waals surface area contributed by atoms with Crippen molar-refractivity contribution < 1.29 is 20.1 Å². The number of fused-ring (bicyclic) bond motifs is 1. The van der Waals surface area contributed by atoms with E-state index in [0.29, 0.717) is 23.0 Å². The monoisotopic (exact) mass is 235 g/mol. The minimum atomic E-state index is -1.58. The number of aryl methyl sites for hydroxylation is 1. The molecular weight excluding hydrogens is 222 g/mol. The van der Waals surface area contributed by atoms with Crippen LogP contribution in [0.5, 0.6) is 5.75 Å². The van der Waals surface area contributed by atoms with E-state index >= 15 is 0 Å². The van der Waals surface area contributed by atoms with E-state index in [2.05, 4.69) is 0 Å². The molecule has 0 saturated heterocycles. The zero-order valence-electron chi connectivity index (χ0n) is 9.29. The molecule has 2 rings (SSSR count). The number of aromatic hydroxyl groups is 1. The van der Waals surface area contributed by atoms with E-state index in [4.69, 9.17) is 5.11 Å². The molecule has 90 valence electrons. The number of hydrogen-bond donors (Lipinski definition) is 3. The Morgan fingerprint density at radius 3 is 2.76 bits per heavy atom. The highest BCUT2D eigenvalue weighted by atomic mass is 16.4. The number of aliphatic hydroxyl groups excluding tert-OH is 1. The molecular formula is C12H13NO4. The van der Waals surface area contributed by atoms with Gasteiger partial charge in [-0.1, -0.05) is 12.1 Å². The molecule has 2 aromatic rings. The van der Waals surface area contributed by atoms with Crippen molar-refractivity contribution in [1.82, 2.24) is 4.57 Å². The predicted octanol–water partition coefficient (Wildman–Crippen LogP) is 1.48. The first-order valence-corrected chi connectivity index (χ1v) is 5.27. The van der Waals surface area contributed by atoms with Crippen LogP contribution >= 0.6 is 0 Å². The first-order valence-electron chi connectivity index (χ1n) is 5.27. The van der Waals surface area contributed by atoms with Crippen LogP contribution in [0.2, 0.25) is 0 Å². The SMILES string of the molecule is CCn1cc(C(O)C(=O)O)c2cccc(O)c21. The van der Waals surface area contributed by atoms with Gasteiger partial charge < -0.3 is 19.9 Å². The van der Waals surface area contributed by atoms with E-state index in [0.717, 1.165) is 0 Å². The van der Waals surface area contributed by atoms with E-state index in [1.54, 1.807) is 22.9 Å². The Bertz CT molecular complexity index is 573. The summed E-state index contributed by atoms with van der Waals surface area (Å²) < 4.78 is 1.71. The summed E-state index contributed by atoms with van der Waals surface area (Å²) in [5.41, 5.74) is 0.843. The number of rotatable bonds is 3. The number of carboxylic acids is 1. The van der Waals surface area contributed by atoms with Crippen molar-refractivity contribution in [2.24, 2.45) is 0 Å². The zero-order chi connectivity index (χ0) is 12.6. The number of benzene rings is 1. The van der Waals surface area contributed by atoms with Crippen molar-refractivity contribution in [3.8, 4) is 5.75 Å². The minimum absolute atomic E-state index is 0.0770. The molecule has 0 radical (unpaired) electrons. The molecule has 0 aliphatic carbocycles.